The molecule has 0 aliphatic carbocycles. The van der Waals surface area contributed by atoms with E-state index in [1.807, 2.05) is 0 Å². The van der Waals surface area contributed by atoms with Gasteiger partial charge in [0.25, 0.3) is 0 Å². The second-order valence-electron chi connectivity index (χ2n) is 5.69. The standard InChI is InChI=1S/C20H15O6P/c21-19-17-13-7-8-14-18(17)20(23-19)26-27(22,24-15-9-3-1-4-10-15)25-16-11-5-2-6-12-16/h1-14,20H. The number of esters is 1. The Morgan fingerprint density at radius 1 is 0.741 bits per heavy atom. The zero-order chi connectivity index (χ0) is 18.7. The fraction of sp³-hybridized carbons (Fsp3) is 0.0500. The molecule has 0 saturated heterocycles. The molecule has 0 fully saturated rings. The summed E-state index contributed by atoms with van der Waals surface area (Å²) in [6, 6.07) is 23.7. The molecule has 1 aliphatic heterocycles. The molecule has 1 atom stereocenters. The van der Waals surface area contributed by atoms with Crippen molar-refractivity contribution in [3.05, 3.63) is 96.1 Å². The van der Waals surface area contributed by atoms with Gasteiger partial charge in [-0.2, -0.15) is 0 Å². The molecule has 7 heteroatoms. The van der Waals surface area contributed by atoms with Crippen LogP contribution >= 0.6 is 7.82 Å². The van der Waals surface area contributed by atoms with E-state index >= 15 is 0 Å². The first-order valence-electron chi connectivity index (χ1n) is 8.21. The molecular weight excluding hydrogens is 367 g/mol. The van der Waals surface area contributed by atoms with Crippen LogP contribution in [0.4, 0.5) is 0 Å². The maximum atomic E-state index is 13.4. The Kier molecular flexibility index (Phi) is 4.67. The van der Waals surface area contributed by atoms with Gasteiger partial charge >= 0.3 is 13.8 Å². The van der Waals surface area contributed by atoms with Crippen LogP contribution in [0, 0.1) is 0 Å². The van der Waals surface area contributed by atoms with E-state index in [0.29, 0.717) is 22.6 Å². The molecule has 1 unspecified atom stereocenters. The first-order valence-corrected chi connectivity index (χ1v) is 9.67. The van der Waals surface area contributed by atoms with Crippen LogP contribution in [0.3, 0.4) is 0 Å². The van der Waals surface area contributed by atoms with Gasteiger partial charge in [-0.25, -0.2) is 13.9 Å². The zero-order valence-electron chi connectivity index (χ0n) is 14.1. The predicted octanol–water partition coefficient (Wildman–Crippen LogP) is 5.14. The Morgan fingerprint density at radius 2 is 1.26 bits per heavy atom. The minimum atomic E-state index is -4.17. The van der Waals surface area contributed by atoms with Gasteiger partial charge in [0.05, 0.1) is 5.56 Å². The number of carbonyl (C=O) groups is 1. The molecule has 0 bridgehead atoms. The lowest BCUT2D eigenvalue weighted by molar-refractivity contribution is -0.0487. The number of cyclic esters (lactones) is 1. The number of para-hydroxylation sites is 2. The second kappa shape index (κ2) is 7.27. The first-order chi connectivity index (χ1) is 13.1. The molecule has 0 aromatic heterocycles. The lowest BCUT2D eigenvalue weighted by Gasteiger charge is -2.21. The van der Waals surface area contributed by atoms with Gasteiger partial charge < -0.3 is 13.8 Å². The Balaban J connectivity index is 1.64. The molecule has 1 heterocycles. The van der Waals surface area contributed by atoms with Crippen molar-refractivity contribution in [2.45, 2.75) is 6.29 Å². The Morgan fingerprint density at radius 3 is 1.85 bits per heavy atom. The molecule has 0 spiro atoms. The smallest absolute Gasteiger partial charge is 0.427 e. The summed E-state index contributed by atoms with van der Waals surface area (Å²) >= 11 is 0. The Labute approximate surface area is 155 Å². The number of hydrogen-bond donors (Lipinski definition) is 0. The van der Waals surface area contributed by atoms with Gasteiger partial charge in [0.1, 0.15) is 11.5 Å². The van der Waals surface area contributed by atoms with E-state index in [1.165, 1.54) is 0 Å². The highest BCUT2D eigenvalue weighted by atomic mass is 31.2. The molecule has 0 radical (unpaired) electrons. The average molecular weight is 382 g/mol. The van der Waals surface area contributed by atoms with Crippen LogP contribution in [0.2, 0.25) is 0 Å². The molecule has 27 heavy (non-hydrogen) atoms. The maximum absolute atomic E-state index is 13.4. The largest absolute Gasteiger partial charge is 0.591 e. The maximum Gasteiger partial charge on any atom is 0.591 e. The van der Waals surface area contributed by atoms with Crippen molar-refractivity contribution in [2.24, 2.45) is 0 Å². The third-order valence-electron chi connectivity index (χ3n) is 3.79. The fourth-order valence-corrected chi connectivity index (χ4v) is 3.87. The van der Waals surface area contributed by atoms with E-state index in [2.05, 4.69) is 0 Å². The summed E-state index contributed by atoms with van der Waals surface area (Å²) in [5.41, 5.74) is 0.824. The third-order valence-corrected chi connectivity index (χ3v) is 5.11. The van der Waals surface area contributed by atoms with Crippen molar-refractivity contribution in [3.8, 4) is 11.5 Å². The Hall–Kier alpha value is -3.08. The fourth-order valence-electron chi connectivity index (χ4n) is 2.59. The Bertz CT molecular complexity index is 944. The van der Waals surface area contributed by atoms with E-state index in [0.717, 1.165) is 0 Å². The molecule has 0 amide bonds. The van der Waals surface area contributed by atoms with Gasteiger partial charge in [0.15, 0.2) is 0 Å². The highest BCUT2D eigenvalue weighted by Gasteiger charge is 2.41. The number of carbonyl (C=O) groups excluding carboxylic acids is 1. The van der Waals surface area contributed by atoms with Gasteiger partial charge in [-0.1, -0.05) is 54.6 Å². The van der Waals surface area contributed by atoms with Crippen molar-refractivity contribution in [1.29, 1.82) is 0 Å². The number of phosphoric acid groups is 1. The van der Waals surface area contributed by atoms with Crippen LogP contribution < -0.4 is 9.05 Å². The van der Waals surface area contributed by atoms with Crippen LogP contribution in [0.5, 0.6) is 11.5 Å². The van der Waals surface area contributed by atoms with Crippen LogP contribution in [-0.2, 0) is 13.8 Å². The second-order valence-corrected chi connectivity index (χ2v) is 7.16. The lowest BCUT2D eigenvalue weighted by Crippen LogP contribution is -2.10. The van der Waals surface area contributed by atoms with Gasteiger partial charge in [-0.15, -0.1) is 0 Å². The number of fused-ring (bicyclic) bond motifs is 1. The first kappa shape index (κ1) is 17.3. The molecular formula is C20H15O6P. The van der Waals surface area contributed by atoms with Crippen molar-refractivity contribution in [1.82, 2.24) is 0 Å². The minimum absolute atomic E-state index is 0.300. The monoisotopic (exact) mass is 382 g/mol. The molecule has 3 aromatic rings. The van der Waals surface area contributed by atoms with E-state index in [1.54, 1.807) is 84.9 Å². The normalized spacial score (nSPS) is 15.7. The summed E-state index contributed by atoms with van der Waals surface area (Å²) in [7, 11) is -4.17. The van der Waals surface area contributed by atoms with Crippen LogP contribution in [-0.4, -0.2) is 5.97 Å². The van der Waals surface area contributed by atoms with E-state index in [9.17, 15) is 9.36 Å². The SMILES string of the molecule is O=C1OC(OP(=O)(Oc2ccccc2)Oc2ccccc2)c2ccccc21. The lowest BCUT2D eigenvalue weighted by atomic mass is 10.1. The highest BCUT2D eigenvalue weighted by Crippen LogP contribution is 2.54. The van der Waals surface area contributed by atoms with Crippen molar-refractivity contribution >= 4 is 13.8 Å². The van der Waals surface area contributed by atoms with Crippen molar-refractivity contribution in [3.63, 3.8) is 0 Å². The molecule has 6 nitrogen and oxygen atoms in total. The van der Waals surface area contributed by atoms with Crippen molar-refractivity contribution < 1.29 is 27.7 Å². The van der Waals surface area contributed by atoms with Crippen LogP contribution in [0.15, 0.2) is 84.9 Å². The van der Waals surface area contributed by atoms with Gasteiger partial charge in [0, 0.05) is 5.56 Å². The van der Waals surface area contributed by atoms with Gasteiger partial charge in [0.2, 0.25) is 6.29 Å². The minimum Gasteiger partial charge on any atom is -0.427 e. The number of hydrogen-bond acceptors (Lipinski definition) is 6. The summed E-state index contributed by atoms with van der Waals surface area (Å²) < 4.78 is 35.2. The number of phosphoric ester groups is 1. The van der Waals surface area contributed by atoms with Crippen molar-refractivity contribution in [2.75, 3.05) is 0 Å². The molecule has 4 rings (SSSR count). The van der Waals surface area contributed by atoms with E-state index in [4.69, 9.17) is 18.3 Å². The van der Waals surface area contributed by atoms with E-state index < -0.39 is 20.1 Å². The topological polar surface area (TPSA) is 71.1 Å². The molecule has 0 N–H and O–H groups in total. The number of ether oxygens (including phenoxy) is 1. The van der Waals surface area contributed by atoms with Crippen LogP contribution in [0.25, 0.3) is 0 Å². The molecule has 3 aromatic carbocycles. The highest BCUT2D eigenvalue weighted by molar-refractivity contribution is 7.49. The summed E-state index contributed by atoms with van der Waals surface area (Å²) in [6.45, 7) is 0. The zero-order valence-corrected chi connectivity index (χ0v) is 15.0. The molecule has 1 aliphatic rings. The quantitative estimate of drug-likeness (QED) is 0.434. The summed E-state index contributed by atoms with van der Waals surface area (Å²) in [4.78, 5) is 12.0. The number of rotatable bonds is 6. The molecule has 136 valence electrons. The van der Waals surface area contributed by atoms with Gasteiger partial charge in [-0.3, -0.25) is 0 Å². The average Bonchev–Trinajstić information content (AvgIpc) is 2.99. The predicted molar refractivity (Wildman–Crippen MR) is 97.4 cm³/mol. The molecule has 0 saturated carbocycles. The van der Waals surface area contributed by atoms with Crippen LogP contribution in [0.1, 0.15) is 22.2 Å². The summed E-state index contributed by atoms with van der Waals surface area (Å²) in [6.07, 6.45) is -1.19. The van der Waals surface area contributed by atoms with E-state index in [-0.39, 0.29) is 0 Å². The third kappa shape index (κ3) is 3.87. The summed E-state index contributed by atoms with van der Waals surface area (Å²) in [5.74, 6) is 0.0466. The summed E-state index contributed by atoms with van der Waals surface area (Å²) in [5, 5.41) is 0. The van der Waals surface area contributed by atoms with Gasteiger partial charge in [-0.05, 0) is 30.3 Å². The number of benzene rings is 3.